The third-order valence-electron chi connectivity index (χ3n) is 4.52. The Bertz CT molecular complexity index is 1030. The standard InChI is InChI=1S/C20H17N3O7/c1-12-15(3-2-4-16(12)23(28)29)21-17(24)11-30-20(27)13-5-7-14(8-6-13)22-18(25)9-10-19(22)26/h2-8H,9-11H2,1H3,(H,21,24). The highest BCUT2D eigenvalue weighted by molar-refractivity contribution is 6.19. The second kappa shape index (κ2) is 8.52. The molecule has 0 spiro atoms. The van der Waals surface area contributed by atoms with E-state index < -0.39 is 23.4 Å². The molecule has 0 bridgehead atoms. The fourth-order valence-corrected chi connectivity index (χ4v) is 2.97. The molecule has 0 atom stereocenters. The Kier molecular flexibility index (Phi) is 5.86. The summed E-state index contributed by atoms with van der Waals surface area (Å²) in [6.07, 6.45) is 0.309. The summed E-state index contributed by atoms with van der Waals surface area (Å²) in [5, 5.41) is 13.4. The smallest absolute Gasteiger partial charge is 0.338 e. The maximum Gasteiger partial charge on any atom is 0.338 e. The number of nitro benzene ring substituents is 1. The van der Waals surface area contributed by atoms with Crippen LogP contribution in [0.15, 0.2) is 42.5 Å². The number of nitro groups is 1. The molecule has 1 N–H and O–H groups in total. The number of carbonyl (C=O) groups is 4. The van der Waals surface area contributed by atoms with E-state index in [0.29, 0.717) is 5.69 Å². The molecule has 3 rings (SSSR count). The van der Waals surface area contributed by atoms with Crippen molar-refractivity contribution in [2.24, 2.45) is 0 Å². The molecule has 2 aromatic carbocycles. The van der Waals surface area contributed by atoms with Gasteiger partial charge in [-0.3, -0.25) is 29.4 Å². The van der Waals surface area contributed by atoms with E-state index in [-0.39, 0.29) is 47.2 Å². The van der Waals surface area contributed by atoms with Gasteiger partial charge in [-0.1, -0.05) is 6.07 Å². The Balaban J connectivity index is 1.58. The average molecular weight is 411 g/mol. The van der Waals surface area contributed by atoms with Crippen LogP contribution < -0.4 is 10.2 Å². The van der Waals surface area contributed by atoms with Crippen LogP contribution in [-0.4, -0.2) is 35.2 Å². The van der Waals surface area contributed by atoms with Crippen LogP contribution in [-0.2, 0) is 19.1 Å². The van der Waals surface area contributed by atoms with Gasteiger partial charge in [-0.15, -0.1) is 0 Å². The van der Waals surface area contributed by atoms with Gasteiger partial charge in [0.2, 0.25) is 11.8 Å². The zero-order chi connectivity index (χ0) is 21.8. The number of esters is 1. The van der Waals surface area contributed by atoms with Crippen molar-refractivity contribution in [2.45, 2.75) is 19.8 Å². The summed E-state index contributed by atoms with van der Waals surface area (Å²) in [5.41, 5.74) is 0.883. The summed E-state index contributed by atoms with van der Waals surface area (Å²) in [5.74, 6) is -2.03. The fraction of sp³-hybridized carbons (Fsp3) is 0.200. The Labute approximate surface area is 170 Å². The number of imide groups is 1. The maximum absolute atomic E-state index is 12.1. The van der Waals surface area contributed by atoms with Gasteiger partial charge in [0.15, 0.2) is 6.61 Å². The molecule has 0 radical (unpaired) electrons. The number of anilines is 2. The van der Waals surface area contributed by atoms with Crippen LogP contribution in [0.1, 0.15) is 28.8 Å². The van der Waals surface area contributed by atoms with E-state index in [1.165, 1.54) is 49.4 Å². The van der Waals surface area contributed by atoms with Gasteiger partial charge in [-0.25, -0.2) is 4.79 Å². The molecule has 1 heterocycles. The fourth-order valence-electron chi connectivity index (χ4n) is 2.97. The summed E-state index contributed by atoms with van der Waals surface area (Å²) in [6.45, 7) is 0.906. The van der Waals surface area contributed by atoms with Gasteiger partial charge < -0.3 is 10.1 Å². The van der Waals surface area contributed by atoms with E-state index in [1.807, 2.05) is 0 Å². The Morgan fingerprint density at radius 2 is 1.73 bits per heavy atom. The van der Waals surface area contributed by atoms with Gasteiger partial charge in [0.05, 0.1) is 27.4 Å². The number of ether oxygens (including phenoxy) is 1. The molecule has 0 aromatic heterocycles. The second-order valence-electron chi connectivity index (χ2n) is 6.50. The van der Waals surface area contributed by atoms with E-state index in [4.69, 9.17) is 4.74 Å². The van der Waals surface area contributed by atoms with E-state index in [1.54, 1.807) is 0 Å². The first kappa shape index (κ1) is 20.6. The molecule has 0 unspecified atom stereocenters. The molecule has 1 saturated heterocycles. The maximum atomic E-state index is 12.1. The lowest BCUT2D eigenvalue weighted by Gasteiger charge is -2.14. The normalized spacial score (nSPS) is 13.3. The van der Waals surface area contributed by atoms with Crippen molar-refractivity contribution in [3.05, 3.63) is 63.7 Å². The topological polar surface area (TPSA) is 136 Å². The Morgan fingerprint density at radius 1 is 1.10 bits per heavy atom. The minimum absolute atomic E-state index is 0.136. The predicted molar refractivity (Wildman–Crippen MR) is 105 cm³/mol. The highest BCUT2D eigenvalue weighted by atomic mass is 16.6. The molecular weight excluding hydrogens is 394 g/mol. The highest BCUT2D eigenvalue weighted by Crippen LogP contribution is 2.25. The molecule has 0 saturated carbocycles. The summed E-state index contributed by atoms with van der Waals surface area (Å²) >= 11 is 0. The number of nitrogens with zero attached hydrogens (tertiary/aromatic N) is 2. The predicted octanol–water partition coefficient (Wildman–Crippen LogP) is 2.35. The van der Waals surface area contributed by atoms with Crippen LogP contribution in [0, 0.1) is 17.0 Å². The number of nitrogens with one attached hydrogen (secondary N) is 1. The zero-order valence-electron chi connectivity index (χ0n) is 15.9. The summed E-state index contributed by atoms with van der Waals surface area (Å²) in [6, 6.07) is 9.93. The van der Waals surface area contributed by atoms with Crippen LogP contribution in [0.4, 0.5) is 17.1 Å². The molecule has 3 amide bonds. The summed E-state index contributed by atoms with van der Waals surface area (Å²) in [4.78, 5) is 59.1. The van der Waals surface area contributed by atoms with Crippen LogP contribution >= 0.6 is 0 Å². The monoisotopic (exact) mass is 411 g/mol. The molecular formula is C20H17N3O7. The number of amides is 3. The van der Waals surface area contributed by atoms with Gasteiger partial charge in [0.1, 0.15) is 0 Å². The van der Waals surface area contributed by atoms with Gasteiger partial charge in [0.25, 0.3) is 11.6 Å². The molecule has 10 nitrogen and oxygen atoms in total. The number of carbonyl (C=O) groups excluding carboxylic acids is 4. The number of rotatable bonds is 6. The molecule has 1 aliphatic rings. The van der Waals surface area contributed by atoms with Crippen LogP contribution in [0.25, 0.3) is 0 Å². The molecule has 1 aliphatic heterocycles. The first-order valence-corrected chi connectivity index (χ1v) is 8.94. The number of hydrogen-bond donors (Lipinski definition) is 1. The number of hydrogen-bond acceptors (Lipinski definition) is 7. The lowest BCUT2D eigenvalue weighted by atomic mass is 10.1. The van der Waals surface area contributed by atoms with E-state index in [9.17, 15) is 29.3 Å². The van der Waals surface area contributed by atoms with Crippen LogP contribution in [0.3, 0.4) is 0 Å². The minimum Gasteiger partial charge on any atom is -0.452 e. The quantitative estimate of drug-likeness (QED) is 0.333. The van der Waals surface area contributed by atoms with Crippen molar-refractivity contribution >= 4 is 40.8 Å². The van der Waals surface area contributed by atoms with Crippen LogP contribution in [0.5, 0.6) is 0 Å². The van der Waals surface area contributed by atoms with Crippen molar-refractivity contribution in [3.8, 4) is 0 Å². The molecule has 10 heteroatoms. The first-order chi connectivity index (χ1) is 14.3. The van der Waals surface area contributed by atoms with Crippen molar-refractivity contribution in [3.63, 3.8) is 0 Å². The average Bonchev–Trinajstić information content (AvgIpc) is 3.05. The van der Waals surface area contributed by atoms with Gasteiger partial charge in [0, 0.05) is 18.9 Å². The second-order valence-corrected chi connectivity index (χ2v) is 6.50. The molecule has 1 fully saturated rings. The zero-order valence-corrected chi connectivity index (χ0v) is 15.9. The third kappa shape index (κ3) is 4.32. The first-order valence-electron chi connectivity index (χ1n) is 8.94. The third-order valence-corrected chi connectivity index (χ3v) is 4.52. The Morgan fingerprint density at radius 3 is 2.33 bits per heavy atom. The van der Waals surface area contributed by atoms with Gasteiger partial charge >= 0.3 is 5.97 Å². The van der Waals surface area contributed by atoms with Gasteiger partial charge in [-0.05, 0) is 37.3 Å². The lowest BCUT2D eigenvalue weighted by molar-refractivity contribution is -0.385. The van der Waals surface area contributed by atoms with E-state index >= 15 is 0 Å². The van der Waals surface area contributed by atoms with Crippen molar-refractivity contribution in [1.29, 1.82) is 0 Å². The molecule has 2 aromatic rings. The van der Waals surface area contributed by atoms with Crippen molar-refractivity contribution in [1.82, 2.24) is 0 Å². The minimum atomic E-state index is -0.772. The lowest BCUT2D eigenvalue weighted by Crippen LogP contribution is -2.28. The Hall–Kier alpha value is -4.08. The van der Waals surface area contributed by atoms with E-state index in [2.05, 4.69) is 5.32 Å². The summed E-state index contributed by atoms with van der Waals surface area (Å²) in [7, 11) is 0. The van der Waals surface area contributed by atoms with Gasteiger partial charge in [-0.2, -0.15) is 0 Å². The van der Waals surface area contributed by atoms with E-state index in [0.717, 1.165) is 4.90 Å². The molecule has 154 valence electrons. The number of benzene rings is 2. The SMILES string of the molecule is Cc1c(NC(=O)COC(=O)c2ccc(N3C(=O)CCC3=O)cc2)cccc1[N+](=O)[O-]. The van der Waals surface area contributed by atoms with Crippen LogP contribution in [0.2, 0.25) is 0 Å². The molecule has 30 heavy (non-hydrogen) atoms. The highest BCUT2D eigenvalue weighted by Gasteiger charge is 2.30. The van der Waals surface area contributed by atoms with Crippen molar-refractivity contribution in [2.75, 3.05) is 16.8 Å². The molecule has 0 aliphatic carbocycles. The summed E-state index contributed by atoms with van der Waals surface area (Å²) < 4.78 is 4.95. The largest absolute Gasteiger partial charge is 0.452 e. The van der Waals surface area contributed by atoms with Crippen molar-refractivity contribution < 1.29 is 28.8 Å².